The Kier molecular flexibility index (Phi) is 24.2. The Morgan fingerprint density at radius 2 is 1.48 bits per heavy atom. The van der Waals surface area contributed by atoms with Gasteiger partial charge in [0, 0.05) is 13.5 Å². The highest BCUT2D eigenvalue weighted by molar-refractivity contribution is 8.06. The fourth-order valence-electron chi connectivity index (χ4n) is 2.96. The molecule has 2 atom stereocenters. The molecule has 0 fully saturated rings. The van der Waals surface area contributed by atoms with E-state index >= 15 is 0 Å². The standard InChI is InChI=1S/C22H43O6PS.H3N/c1-3-4-5-6-7-8-9-10-11-12-13-14-15-16-17-18-22(23)27-19-21(26-2)20-28-29(24,25)30;/h10-11,21H,3-9,12-20H2,1-2H3,(H2,24,25,30);1H3/b11-10-;/t21-;/m1./s1. The molecule has 0 aliphatic heterocycles. The van der Waals surface area contributed by atoms with Gasteiger partial charge in [0.2, 0.25) is 0 Å². The highest BCUT2D eigenvalue weighted by Gasteiger charge is 2.13. The molecule has 7 nitrogen and oxygen atoms in total. The summed E-state index contributed by atoms with van der Waals surface area (Å²) in [7, 11) is 1.41. The zero-order valence-corrected chi connectivity index (χ0v) is 21.6. The van der Waals surface area contributed by atoms with Gasteiger partial charge in [0.05, 0.1) is 6.61 Å². The lowest BCUT2D eigenvalue weighted by atomic mass is 10.1. The quantitative estimate of drug-likeness (QED) is 0.0948. The van der Waals surface area contributed by atoms with E-state index in [1.807, 2.05) is 0 Å². The van der Waals surface area contributed by atoms with Crippen molar-refractivity contribution in [2.75, 3.05) is 20.3 Å². The zero-order valence-electron chi connectivity index (χ0n) is 19.9. The van der Waals surface area contributed by atoms with Gasteiger partial charge in [0.1, 0.15) is 19.4 Å². The van der Waals surface area contributed by atoms with Crippen LogP contribution in [0.25, 0.3) is 0 Å². The van der Waals surface area contributed by atoms with E-state index in [0.717, 1.165) is 25.7 Å². The first-order chi connectivity index (χ1) is 14.4. The third-order valence-electron chi connectivity index (χ3n) is 4.83. The molecule has 0 bridgehead atoms. The Hall–Kier alpha value is -0.340. The maximum Gasteiger partial charge on any atom is 0.305 e. The summed E-state index contributed by atoms with van der Waals surface area (Å²) in [5.41, 5.74) is 0. The summed E-state index contributed by atoms with van der Waals surface area (Å²) in [6.45, 7) is -1.92. The maximum atomic E-state index is 11.7. The number of quaternary nitrogens is 1. The van der Waals surface area contributed by atoms with Crippen molar-refractivity contribution in [3.63, 3.8) is 0 Å². The van der Waals surface area contributed by atoms with Crippen LogP contribution >= 0.6 is 6.72 Å². The zero-order chi connectivity index (χ0) is 22.5. The minimum atomic E-state index is -3.97. The molecule has 9 heteroatoms. The summed E-state index contributed by atoms with van der Waals surface area (Å²) >= 11 is 4.26. The van der Waals surface area contributed by atoms with Crippen molar-refractivity contribution in [3.8, 4) is 0 Å². The number of allylic oxidation sites excluding steroid dienone is 2. The summed E-state index contributed by atoms with van der Waals surface area (Å²) in [5, 5.41) is 0. The number of esters is 1. The van der Waals surface area contributed by atoms with Crippen molar-refractivity contribution >= 4 is 24.5 Å². The van der Waals surface area contributed by atoms with E-state index in [0.29, 0.717) is 6.42 Å². The fourth-order valence-corrected chi connectivity index (χ4v) is 3.50. The molecule has 186 valence electrons. The van der Waals surface area contributed by atoms with Crippen LogP contribution in [0.3, 0.4) is 0 Å². The lowest BCUT2D eigenvalue weighted by Gasteiger charge is -2.23. The van der Waals surface area contributed by atoms with Gasteiger partial charge in [-0.2, -0.15) is 0 Å². The van der Waals surface area contributed by atoms with E-state index < -0.39 is 12.8 Å². The molecule has 0 radical (unpaired) electrons. The highest BCUT2D eigenvalue weighted by Crippen LogP contribution is 2.30. The summed E-state index contributed by atoms with van der Waals surface area (Å²) < 4.78 is 14.8. The first-order valence-electron chi connectivity index (χ1n) is 11.4. The molecule has 31 heavy (non-hydrogen) atoms. The Morgan fingerprint density at radius 1 is 0.968 bits per heavy atom. The van der Waals surface area contributed by atoms with Gasteiger partial charge in [-0.25, -0.2) is 0 Å². The largest absolute Gasteiger partial charge is 0.780 e. The lowest BCUT2D eigenvalue weighted by molar-refractivity contribution is -0.204. The smallest absolute Gasteiger partial charge is 0.305 e. The van der Waals surface area contributed by atoms with Crippen LogP contribution in [0.1, 0.15) is 96.8 Å². The number of rotatable bonds is 21. The minimum Gasteiger partial charge on any atom is -0.780 e. The number of methoxy groups -OCH3 is 1. The van der Waals surface area contributed by atoms with Crippen molar-refractivity contribution in [1.82, 2.24) is 6.15 Å². The van der Waals surface area contributed by atoms with Gasteiger partial charge < -0.3 is 29.9 Å². The molecule has 0 saturated heterocycles. The molecule has 0 rings (SSSR count). The third-order valence-corrected chi connectivity index (χ3v) is 5.62. The fraction of sp³-hybridized carbons (Fsp3) is 0.864. The predicted octanol–water partition coefficient (Wildman–Crippen LogP) is 5.55. The number of unbranched alkanes of at least 4 members (excludes halogenated alkanes) is 11. The molecule has 0 amide bonds. The number of ether oxygens (including phenoxy) is 2. The maximum absolute atomic E-state index is 11.7. The predicted molar refractivity (Wildman–Crippen MR) is 130 cm³/mol. The van der Waals surface area contributed by atoms with E-state index in [2.05, 4.69) is 35.4 Å². The molecule has 1 unspecified atom stereocenters. The van der Waals surface area contributed by atoms with Gasteiger partial charge in [0.25, 0.3) is 0 Å². The molecular formula is C22H46NO6PS. The topological polar surface area (TPSA) is 125 Å². The van der Waals surface area contributed by atoms with Crippen LogP contribution in [-0.2, 0) is 30.6 Å². The molecule has 0 aliphatic carbocycles. The van der Waals surface area contributed by atoms with Crippen molar-refractivity contribution in [2.45, 2.75) is 103 Å². The van der Waals surface area contributed by atoms with Gasteiger partial charge >= 0.3 is 5.97 Å². The molecular weight excluding hydrogens is 437 g/mol. The Bertz CT molecular complexity index is 487. The molecule has 0 saturated carbocycles. The molecule has 0 aliphatic rings. The van der Waals surface area contributed by atoms with E-state index in [-0.39, 0.29) is 25.3 Å². The van der Waals surface area contributed by atoms with Crippen LogP contribution in [0, 0.1) is 0 Å². The van der Waals surface area contributed by atoms with Crippen LogP contribution in [0.4, 0.5) is 0 Å². The summed E-state index contributed by atoms with van der Waals surface area (Å²) in [6.07, 6.45) is 20.2. The second-order valence-corrected chi connectivity index (χ2v) is 10.2. The van der Waals surface area contributed by atoms with Crippen molar-refractivity contribution < 1.29 is 28.6 Å². The molecule has 0 aromatic rings. The van der Waals surface area contributed by atoms with Crippen LogP contribution < -0.4 is 11.0 Å². The first-order valence-corrected chi connectivity index (χ1v) is 14.0. The minimum absolute atomic E-state index is 0. The molecule has 5 N–H and O–H groups in total. The third kappa shape index (κ3) is 25.8. The highest BCUT2D eigenvalue weighted by atomic mass is 32.5. The Morgan fingerprint density at radius 3 is 2.00 bits per heavy atom. The lowest BCUT2D eigenvalue weighted by Crippen LogP contribution is -2.26. The molecule has 0 aromatic carbocycles. The number of carbonyl (C=O) groups is 1. The molecule has 0 aromatic heterocycles. The van der Waals surface area contributed by atoms with Gasteiger partial charge in [-0.05, 0) is 32.1 Å². The van der Waals surface area contributed by atoms with Crippen LogP contribution in [0.5, 0.6) is 0 Å². The SMILES string of the molecule is CCCCCCCC/C=C\CCCCCCCC(=O)OC[C@H](COP([O-])(O)=S)OC.[NH4+]. The molecule has 0 spiro atoms. The van der Waals surface area contributed by atoms with E-state index in [9.17, 15) is 9.69 Å². The van der Waals surface area contributed by atoms with Gasteiger partial charge in [-0.15, -0.1) is 0 Å². The van der Waals surface area contributed by atoms with Crippen molar-refractivity contribution in [3.05, 3.63) is 12.2 Å². The van der Waals surface area contributed by atoms with Gasteiger partial charge in [-0.3, -0.25) is 4.79 Å². The molecule has 0 heterocycles. The monoisotopic (exact) mass is 483 g/mol. The van der Waals surface area contributed by atoms with Crippen molar-refractivity contribution in [1.29, 1.82) is 0 Å². The number of hydrogen-bond acceptors (Lipinski definition) is 6. The van der Waals surface area contributed by atoms with Gasteiger partial charge in [-0.1, -0.05) is 82.2 Å². The van der Waals surface area contributed by atoms with E-state index in [4.69, 9.17) is 14.4 Å². The summed E-state index contributed by atoms with van der Waals surface area (Å²) in [5.74, 6) is -0.291. The van der Waals surface area contributed by atoms with Crippen LogP contribution in [0.2, 0.25) is 0 Å². The summed E-state index contributed by atoms with van der Waals surface area (Å²) in [4.78, 5) is 31.6. The Labute approximate surface area is 194 Å². The number of hydrogen-bond donors (Lipinski definition) is 2. The summed E-state index contributed by atoms with van der Waals surface area (Å²) in [6, 6.07) is 0. The van der Waals surface area contributed by atoms with Crippen molar-refractivity contribution in [2.24, 2.45) is 0 Å². The van der Waals surface area contributed by atoms with E-state index in [1.54, 1.807) is 0 Å². The second-order valence-electron chi connectivity index (χ2n) is 7.64. The number of carbonyl (C=O) groups excluding carboxylic acids is 1. The second kappa shape index (κ2) is 22.8. The average molecular weight is 484 g/mol. The van der Waals surface area contributed by atoms with E-state index in [1.165, 1.54) is 64.9 Å². The normalized spacial score (nSPS) is 14.2. The Balaban J connectivity index is 0. The average Bonchev–Trinajstić information content (AvgIpc) is 2.70. The van der Waals surface area contributed by atoms with Crippen LogP contribution in [0.15, 0.2) is 12.2 Å². The van der Waals surface area contributed by atoms with Crippen LogP contribution in [-0.4, -0.2) is 37.3 Å². The first kappa shape index (κ1) is 32.8. The van der Waals surface area contributed by atoms with Gasteiger partial charge in [0.15, 0.2) is 0 Å².